The second-order valence-corrected chi connectivity index (χ2v) is 6.26. The van der Waals surface area contributed by atoms with Crippen LogP contribution in [0, 0.1) is 11.8 Å². The monoisotopic (exact) mass is 254 g/mol. The maximum atomic E-state index is 3.72. The number of hydrogen-bond acceptors (Lipinski definition) is 2. The predicted octanol–water partition coefficient (Wildman–Crippen LogP) is 3.52. The summed E-state index contributed by atoms with van der Waals surface area (Å²) < 4.78 is 0. The molecule has 0 amide bonds. The molecule has 1 unspecified atom stereocenters. The van der Waals surface area contributed by atoms with Crippen LogP contribution in [-0.2, 0) is 0 Å². The Labute approximate surface area is 115 Å². The molecular weight excluding hydrogens is 220 g/mol. The summed E-state index contributed by atoms with van der Waals surface area (Å²) in [4.78, 5) is 2.71. The predicted molar refractivity (Wildman–Crippen MR) is 81.0 cm³/mol. The Balaban J connectivity index is 2.48. The van der Waals surface area contributed by atoms with Crippen molar-refractivity contribution in [3.63, 3.8) is 0 Å². The molecule has 0 aromatic heterocycles. The van der Waals surface area contributed by atoms with Crippen LogP contribution in [0.4, 0.5) is 0 Å². The number of nitrogens with one attached hydrogen (secondary N) is 1. The number of nitrogens with zero attached hydrogens (tertiary/aromatic N) is 1. The topological polar surface area (TPSA) is 15.3 Å². The SMILES string of the molecule is CCC(CC)CN(CC)C(CNC1CC1)C(C)C. The van der Waals surface area contributed by atoms with Crippen molar-refractivity contribution in [3.05, 3.63) is 0 Å². The molecule has 0 spiro atoms. The highest BCUT2D eigenvalue weighted by Crippen LogP contribution is 2.21. The van der Waals surface area contributed by atoms with Gasteiger partial charge in [-0.05, 0) is 31.2 Å². The van der Waals surface area contributed by atoms with Crippen molar-refractivity contribution in [1.29, 1.82) is 0 Å². The maximum Gasteiger partial charge on any atom is 0.0243 e. The van der Waals surface area contributed by atoms with E-state index in [2.05, 4.69) is 44.8 Å². The molecule has 0 aliphatic heterocycles. The van der Waals surface area contributed by atoms with E-state index >= 15 is 0 Å². The number of likely N-dealkylation sites (N-methyl/N-ethyl adjacent to an activating group) is 1. The van der Waals surface area contributed by atoms with Crippen LogP contribution in [0.1, 0.15) is 60.3 Å². The summed E-state index contributed by atoms with van der Waals surface area (Å²) in [6.07, 6.45) is 5.41. The van der Waals surface area contributed by atoms with E-state index in [0.717, 1.165) is 17.9 Å². The highest BCUT2D eigenvalue weighted by atomic mass is 15.2. The Morgan fingerprint density at radius 3 is 2.11 bits per heavy atom. The van der Waals surface area contributed by atoms with Gasteiger partial charge >= 0.3 is 0 Å². The first-order chi connectivity index (χ1) is 8.62. The molecule has 108 valence electrons. The molecule has 1 saturated carbocycles. The average molecular weight is 254 g/mol. The van der Waals surface area contributed by atoms with Gasteiger partial charge in [-0.15, -0.1) is 0 Å². The van der Waals surface area contributed by atoms with Crippen LogP contribution in [0.3, 0.4) is 0 Å². The second-order valence-electron chi connectivity index (χ2n) is 6.26. The number of hydrogen-bond donors (Lipinski definition) is 1. The molecule has 1 aliphatic carbocycles. The summed E-state index contributed by atoms with van der Waals surface area (Å²) >= 11 is 0. The van der Waals surface area contributed by atoms with E-state index in [0.29, 0.717) is 6.04 Å². The second kappa shape index (κ2) is 8.16. The molecule has 1 aliphatic rings. The molecule has 0 heterocycles. The summed E-state index contributed by atoms with van der Waals surface area (Å²) in [6.45, 7) is 15.4. The summed E-state index contributed by atoms with van der Waals surface area (Å²) in [6, 6.07) is 1.54. The van der Waals surface area contributed by atoms with Gasteiger partial charge in [0.25, 0.3) is 0 Å². The Morgan fingerprint density at radius 1 is 1.11 bits per heavy atom. The van der Waals surface area contributed by atoms with Gasteiger partial charge in [-0.2, -0.15) is 0 Å². The molecule has 1 fully saturated rings. The van der Waals surface area contributed by atoms with Gasteiger partial charge in [0.1, 0.15) is 0 Å². The fraction of sp³-hybridized carbons (Fsp3) is 1.00. The Bertz CT molecular complexity index is 207. The van der Waals surface area contributed by atoms with Crippen molar-refractivity contribution in [2.24, 2.45) is 11.8 Å². The molecular formula is C16H34N2. The lowest BCUT2D eigenvalue weighted by Crippen LogP contribution is -2.47. The fourth-order valence-corrected chi connectivity index (χ4v) is 2.74. The van der Waals surface area contributed by atoms with E-state index in [1.165, 1.54) is 45.3 Å². The van der Waals surface area contributed by atoms with Crippen molar-refractivity contribution >= 4 is 0 Å². The average Bonchev–Trinajstić information content (AvgIpc) is 3.17. The van der Waals surface area contributed by atoms with Crippen LogP contribution in [0.25, 0.3) is 0 Å². The molecule has 1 rings (SSSR count). The quantitative estimate of drug-likeness (QED) is 0.642. The van der Waals surface area contributed by atoms with Gasteiger partial charge in [-0.1, -0.05) is 47.5 Å². The van der Waals surface area contributed by atoms with Gasteiger partial charge < -0.3 is 5.32 Å². The molecule has 0 saturated heterocycles. The summed E-state index contributed by atoms with van der Waals surface area (Å²) in [7, 11) is 0. The normalized spacial score (nSPS) is 18.0. The summed E-state index contributed by atoms with van der Waals surface area (Å²) in [5.41, 5.74) is 0. The lowest BCUT2D eigenvalue weighted by molar-refractivity contribution is 0.132. The van der Waals surface area contributed by atoms with Crippen LogP contribution in [-0.4, -0.2) is 36.6 Å². The van der Waals surface area contributed by atoms with E-state index < -0.39 is 0 Å². The smallest absolute Gasteiger partial charge is 0.0243 e. The Morgan fingerprint density at radius 2 is 1.72 bits per heavy atom. The van der Waals surface area contributed by atoms with E-state index in [-0.39, 0.29) is 0 Å². The van der Waals surface area contributed by atoms with Crippen molar-refractivity contribution in [2.45, 2.75) is 72.4 Å². The zero-order valence-corrected chi connectivity index (χ0v) is 13.2. The van der Waals surface area contributed by atoms with Gasteiger partial charge in [-0.25, -0.2) is 0 Å². The summed E-state index contributed by atoms with van der Waals surface area (Å²) in [5.74, 6) is 1.61. The van der Waals surface area contributed by atoms with Gasteiger partial charge in [0.05, 0.1) is 0 Å². The highest BCUT2D eigenvalue weighted by molar-refractivity contribution is 4.85. The molecule has 0 aromatic carbocycles. The third-order valence-electron chi connectivity index (χ3n) is 4.49. The molecule has 0 aromatic rings. The van der Waals surface area contributed by atoms with Crippen molar-refractivity contribution < 1.29 is 0 Å². The van der Waals surface area contributed by atoms with E-state index in [9.17, 15) is 0 Å². The van der Waals surface area contributed by atoms with E-state index in [4.69, 9.17) is 0 Å². The van der Waals surface area contributed by atoms with Crippen molar-refractivity contribution in [2.75, 3.05) is 19.6 Å². The molecule has 18 heavy (non-hydrogen) atoms. The third-order valence-corrected chi connectivity index (χ3v) is 4.49. The van der Waals surface area contributed by atoms with Gasteiger partial charge in [0.15, 0.2) is 0 Å². The van der Waals surface area contributed by atoms with Gasteiger partial charge in [0, 0.05) is 25.2 Å². The first-order valence-electron chi connectivity index (χ1n) is 8.09. The van der Waals surface area contributed by atoms with Gasteiger partial charge in [0.2, 0.25) is 0 Å². The van der Waals surface area contributed by atoms with Crippen molar-refractivity contribution in [3.8, 4) is 0 Å². The minimum atomic E-state index is 0.705. The third kappa shape index (κ3) is 5.27. The zero-order chi connectivity index (χ0) is 13.5. The Kier molecular flexibility index (Phi) is 7.25. The Hall–Kier alpha value is -0.0800. The minimum Gasteiger partial charge on any atom is -0.312 e. The standard InChI is InChI=1S/C16H34N2/c1-6-14(7-2)12-18(8-3)16(13(4)5)11-17-15-9-10-15/h13-17H,6-12H2,1-5H3. The first kappa shape index (κ1) is 16.0. The largest absolute Gasteiger partial charge is 0.312 e. The van der Waals surface area contributed by atoms with E-state index in [1.807, 2.05) is 0 Å². The molecule has 0 radical (unpaired) electrons. The lowest BCUT2D eigenvalue weighted by Gasteiger charge is -2.36. The van der Waals surface area contributed by atoms with Crippen LogP contribution >= 0.6 is 0 Å². The lowest BCUT2D eigenvalue weighted by atomic mass is 9.97. The van der Waals surface area contributed by atoms with Gasteiger partial charge in [-0.3, -0.25) is 4.90 Å². The molecule has 1 atom stereocenters. The first-order valence-corrected chi connectivity index (χ1v) is 8.09. The molecule has 2 nitrogen and oxygen atoms in total. The van der Waals surface area contributed by atoms with Crippen LogP contribution in [0.2, 0.25) is 0 Å². The highest BCUT2D eigenvalue weighted by Gasteiger charge is 2.26. The van der Waals surface area contributed by atoms with Crippen LogP contribution in [0.5, 0.6) is 0 Å². The molecule has 0 bridgehead atoms. The molecule has 1 N–H and O–H groups in total. The van der Waals surface area contributed by atoms with Crippen molar-refractivity contribution in [1.82, 2.24) is 10.2 Å². The number of rotatable bonds is 10. The molecule has 2 heteroatoms. The van der Waals surface area contributed by atoms with Crippen LogP contribution in [0.15, 0.2) is 0 Å². The zero-order valence-electron chi connectivity index (χ0n) is 13.2. The van der Waals surface area contributed by atoms with Crippen LogP contribution < -0.4 is 5.32 Å². The fourth-order valence-electron chi connectivity index (χ4n) is 2.74. The van der Waals surface area contributed by atoms with E-state index in [1.54, 1.807) is 0 Å². The maximum absolute atomic E-state index is 3.72. The summed E-state index contributed by atoms with van der Waals surface area (Å²) in [5, 5.41) is 3.72. The minimum absolute atomic E-state index is 0.705.